The number of nitrogens with zero attached hydrogens (tertiary/aromatic N) is 2. The molecule has 1 aliphatic carbocycles. The number of Topliss-reactive ketones (excluding diaryl/α,β-unsaturated/α-hetero) is 1. The second kappa shape index (κ2) is 7.39. The lowest BCUT2D eigenvalue weighted by molar-refractivity contribution is -0.116. The van der Waals surface area contributed by atoms with Gasteiger partial charge in [-0.1, -0.05) is 12.1 Å². The fraction of sp³-hybridized carbons (Fsp3) is 0.174. The molecule has 2 aliphatic rings. The normalized spacial score (nSPS) is 17.6. The number of amides is 1. The zero-order valence-electron chi connectivity index (χ0n) is 16.4. The molecule has 0 saturated carbocycles. The van der Waals surface area contributed by atoms with E-state index in [4.69, 9.17) is 0 Å². The third-order valence-corrected chi connectivity index (χ3v) is 5.59. The van der Waals surface area contributed by atoms with Crippen LogP contribution in [0, 0.1) is 5.82 Å². The van der Waals surface area contributed by atoms with Gasteiger partial charge in [-0.25, -0.2) is 9.07 Å². The van der Waals surface area contributed by atoms with Crippen molar-refractivity contribution in [1.29, 1.82) is 0 Å². The summed E-state index contributed by atoms with van der Waals surface area (Å²) in [5.74, 6) is -0.116. The highest BCUT2D eigenvalue weighted by Gasteiger charge is 2.37. The molecule has 7 nitrogen and oxygen atoms in total. The molecule has 1 aliphatic heterocycles. The van der Waals surface area contributed by atoms with Crippen LogP contribution in [0.15, 0.2) is 66.0 Å². The van der Waals surface area contributed by atoms with Crippen LogP contribution in [0.5, 0.6) is 5.75 Å². The lowest BCUT2D eigenvalue weighted by Crippen LogP contribution is -2.32. The minimum absolute atomic E-state index is 0.0466. The second-order valence-corrected chi connectivity index (χ2v) is 7.60. The van der Waals surface area contributed by atoms with Crippen molar-refractivity contribution in [3.63, 3.8) is 0 Å². The quantitative estimate of drug-likeness (QED) is 0.597. The Balaban J connectivity index is 1.56. The molecule has 2 aromatic carbocycles. The molecule has 31 heavy (non-hydrogen) atoms. The van der Waals surface area contributed by atoms with E-state index in [0.29, 0.717) is 35.5 Å². The van der Waals surface area contributed by atoms with Crippen molar-refractivity contribution in [1.82, 2.24) is 9.78 Å². The average Bonchev–Trinajstić information content (AvgIpc) is 3.18. The molecule has 1 aromatic heterocycles. The largest absolute Gasteiger partial charge is 0.508 e. The fourth-order valence-electron chi connectivity index (χ4n) is 4.12. The topological polar surface area (TPSA) is 96.2 Å². The number of nitrogens with one attached hydrogen (secondary N) is 2. The van der Waals surface area contributed by atoms with Gasteiger partial charge in [0.2, 0.25) is 0 Å². The fourth-order valence-corrected chi connectivity index (χ4v) is 4.12. The van der Waals surface area contributed by atoms with Crippen molar-refractivity contribution in [2.45, 2.75) is 25.3 Å². The van der Waals surface area contributed by atoms with Crippen molar-refractivity contribution in [2.24, 2.45) is 0 Å². The summed E-state index contributed by atoms with van der Waals surface area (Å²) in [6, 6.07) is 11.6. The van der Waals surface area contributed by atoms with Crippen LogP contribution in [0.25, 0.3) is 0 Å². The number of rotatable bonds is 3. The number of carbonyl (C=O) groups is 2. The van der Waals surface area contributed by atoms with Gasteiger partial charge in [-0.3, -0.25) is 9.59 Å². The molecule has 156 valence electrons. The lowest BCUT2D eigenvalue weighted by atomic mass is 9.85. The standard InChI is InChI=1S/C23H19FN4O3/c24-14-6-8-15(9-7-14)26-23(31)17-12-25-28-21(13-4-10-16(29)11-5-13)20-18(27-22(17)28)2-1-3-19(20)30/h4-12,21,27,29H,1-3H2,(H,26,31)/t21-/m1/s1. The number of ketones is 1. The van der Waals surface area contributed by atoms with Gasteiger partial charge in [0, 0.05) is 23.4 Å². The molecule has 0 spiro atoms. The highest BCUT2D eigenvalue weighted by molar-refractivity contribution is 6.08. The first-order valence-electron chi connectivity index (χ1n) is 9.98. The molecule has 0 bridgehead atoms. The van der Waals surface area contributed by atoms with Crippen molar-refractivity contribution < 1.29 is 19.1 Å². The number of hydrogen-bond donors (Lipinski definition) is 3. The summed E-state index contributed by atoms with van der Waals surface area (Å²) in [6.07, 6.45) is 3.35. The zero-order valence-corrected chi connectivity index (χ0v) is 16.4. The summed E-state index contributed by atoms with van der Waals surface area (Å²) in [5.41, 5.74) is 3.00. The Bertz CT molecular complexity index is 1210. The van der Waals surface area contributed by atoms with E-state index < -0.39 is 11.9 Å². The molecule has 3 aromatic rings. The molecule has 0 fully saturated rings. The first-order valence-corrected chi connectivity index (χ1v) is 9.98. The average molecular weight is 418 g/mol. The van der Waals surface area contributed by atoms with Gasteiger partial charge in [0.15, 0.2) is 5.78 Å². The molecular weight excluding hydrogens is 399 g/mol. The Morgan fingerprint density at radius 3 is 2.61 bits per heavy atom. The number of carbonyl (C=O) groups excluding carboxylic acids is 2. The monoisotopic (exact) mass is 418 g/mol. The summed E-state index contributed by atoms with van der Waals surface area (Å²) in [5, 5.41) is 20.1. The minimum atomic E-state index is -0.493. The third-order valence-electron chi connectivity index (χ3n) is 5.59. The predicted molar refractivity (Wildman–Crippen MR) is 112 cm³/mol. The maximum atomic E-state index is 13.2. The van der Waals surface area contributed by atoms with E-state index in [2.05, 4.69) is 15.7 Å². The number of aromatic hydroxyl groups is 1. The lowest BCUT2D eigenvalue weighted by Gasteiger charge is -2.33. The van der Waals surface area contributed by atoms with Gasteiger partial charge in [0.1, 0.15) is 29.0 Å². The molecule has 2 heterocycles. The van der Waals surface area contributed by atoms with Gasteiger partial charge >= 0.3 is 0 Å². The SMILES string of the molecule is O=C1CCCC2=C1[C@@H](c1ccc(O)cc1)n1ncc(C(=O)Nc3ccc(F)cc3)c1N2. The number of phenols is 1. The number of benzene rings is 2. The summed E-state index contributed by atoms with van der Waals surface area (Å²) in [6.45, 7) is 0. The predicted octanol–water partition coefficient (Wildman–Crippen LogP) is 4.00. The minimum Gasteiger partial charge on any atom is -0.508 e. The van der Waals surface area contributed by atoms with Crippen LogP contribution in [-0.2, 0) is 4.79 Å². The number of anilines is 2. The van der Waals surface area contributed by atoms with E-state index in [1.54, 1.807) is 28.9 Å². The number of hydrogen-bond acceptors (Lipinski definition) is 5. The van der Waals surface area contributed by atoms with Crippen molar-refractivity contribution in [2.75, 3.05) is 10.6 Å². The summed E-state index contributed by atoms with van der Waals surface area (Å²) in [4.78, 5) is 25.7. The van der Waals surface area contributed by atoms with E-state index in [-0.39, 0.29) is 17.3 Å². The van der Waals surface area contributed by atoms with Gasteiger partial charge in [-0.15, -0.1) is 0 Å². The Morgan fingerprint density at radius 2 is 1.87 bits per heavy atom. The molecule has 1 amide bonds. The molecule has 8 heteroatoms. The molecule has 0 radical (unpaired) electrons. The smallest absolute Gasteiger partial charge is 0.261 e. The van der Waals surface area contributed by atoms with Crippen molar-refractivity contribution in [3.05, 3.63) is 82.9 Å². The number of aromatic nitrogens is 2. The van der Waals surface area contributed by atoms with Crippen LogP contribution in [0.4, 0.5) is 15.9 Å². The zero-order chi connectivity index (χ0) is 21.5. The number of phenolic OH excluding ortho intramolecular Hbond substituents is 1. The number of allylic oxidation sites excluding steroid dienone is 2. The van der Waals surface area contributed by atoms with Crippen LogP contribution in [-0.4, -0.2) is 26.6 Å². The van der Waals surface area contributed by atoms with Crippen LogP contribution in [0.1, 0.15) is 41.2 Å². The van der Waals surface area contributed by atoms with Crippen LogP contribution >= 0.6 is 0 Å². The van der Waals surface area contributed by atoms with Crippen molar-refractivity contribution >= 4 is 23.2 Å². The van der Waals surface area contributed by atoms with E-state index in [1.807, 2.05) is 0 Å². The summed E-state index contributed by atoms with van der Waals surface area (Å²) in [7, 11) is 0. The Labute approximate surface area is 177 Å². The van der Waals surface area contributed by atoms with E-state index in [1.165, 1.54) is 30.5 Å². The van der Waals surface area contributed by atoms with E-state index >= 15 is 0 Å². The first-order chi connectivity index (χ1) is 15.0. The molecule has 3 N–H and O–H groups in total. The van der Waals surface area contributed by atoms with Gasteiger partial charge in [0.05, 0.1) is 6.20 Å². The molecule has 5 rings (SSSR count). The number of halogens is 1. The van der Waals surface area contributed by atoms with Crippen molar-refractivity contribution in [3.8, 4) is 5.75 Å². The van der Waals surface area contributed by atoms with Gasteiger partial charge in [0.25, 0.3) is 5.91 Å². The summed E-state index contributed by atoms with van der Waals surface area (Å²) >= 11 is 0. The van der Waals surface area contributed by atoms with E-state index in [9.17, 15) is 19.1 Å². The maximum Gasteiger partial charge on any atom is 0.261 e. The van der Waals surface area contributed by atoms with Crippen LogP contribution in [0.3, 0.4) is 0 Å². The number of fused-ring (bicyclic) bond motifs is 1. The molecule has 0 saturated heterocycles. The van der Waals surface area contributed by atoms with Crippen LogP contribution in [0.2, 0.25) is 0 Å². The summed E-state index contributed by atoms with van der Waals surface area (Å²) < 4.78 is 14.8. The van der Waals surface area contributed by atoms with E-state index in [0.717, 1.165) is 17.7 Å². The Morgan fingerprint density at radius 1 is 1.13 bits per heavy atom. The molecule has 1 atom stereocenters. The Kier molecular flexibility index (Phi) is 4.54. The Hall–Kier alpha value is -3.94. The van der Waals surface area contributed by atoms with Gasteiger partial charge in [-0.05, 0) is 54.8 Å². The van der Waals surface area contributed by atoms with Crippen LogP contribution < -0.4 is 10.6 Å². The maximum absolute atomic E-state index is 13.2. The first kappa shape index (κ1) is 19.0. The molecular formula is C23H19FN4O3. The second-order valence-electron chi connectivity index (χ2n) is 7.60. The van der Waals surface area contributed by atoms with Gasteiger partial charge < -0.3 is 15.7 Å². The highest BCUT2D eigenvalue weighted by atomic mass is 19.1. The highest BCUT2D eigenvalue weighted by Crippen LogP contribution is 2.41. The molecule has 0 unspecified atom stereocenters. The third kappa shape index (κ3) is 3.35. The van der Waals surface area contributed by atoms with Gasteiger partial charge in [-0.2, -0.15) is 5.10 Å².